The second kappa shape index (κ2) is 6.27. The number of carbonyl (C=O) groups is 1. The monoisotopic (exact) mass is 359 g/mol. The number of alkyl halides is 2. The van der Waals surface area contributed by atoms with E-state index in [0.717, 1.165) is 41.7 Å². The van der Waals surface area contributed by atoms with Gasteiger partial charge in [-0.3, -0.25) is 9.69 Å². The first-order chi connectivity index (χ1) is 12.5. The molecule has 0 radical (unpaired) electrons. The minimum atomic E-state index is -3.88. The number of benzene rings is 2. The van der Waals surface area contributed by atoms with Gasteiger partial charge in [0.2, 0.25) is 0 Å². The summed E-state index contributed by atoms with van der Waals surface area (Å²) in [5.41, 5.74) is 3.18. The lowest BCUT2D eigenvalue weighted by Crippen LogP contribution is -2.50. The van der Waals surface area contributed by atoms with E-state index in [1.807, 2.05) is 6.07 Å². The molecule has 0 unspecified atom stereocenters. The normalized spacial score (nSPS) is 18.0. The van der Waals surface area contributed by atoms with Crippen LogP contribution in [0.5, 0.6) is 11.5 Å². The molecule has 2 aromatic rings. The standard InChI is InChI=1S/C20H19F2NO3/c1-25-17-9-5-4-8-15(17)12-23-16-10-13-6-2-3-7-14(13)11-18(16)26-20(21,22)19(23)24/h4-5,8-11H,2-3,6-7,12H2,1H3. The molecule has 0 saturated carbocycles. The molecule has 0 fully saturated rings. The maximum Gasteiger partial charge on any atom is 0.482 e. The largest absolute Gasteiger partial charge is 0.496 e. The highest BCUT2D eigenvalue weighted by Gasteiger charge is 2.50. The van der Waals surface area contributed by atoms with Crippen molar-refractivity contribution in [1.29, 1.82) is 0 Å². The molecule has 6 heteroatoms. The number of aryl methyl sites for hydroxylation is 2. The molecule has 1 aliphatic heterocycles. The van der Waals surface area contributed by atoms with Crippen molar-refractivity contribution in [2.24, 2.45) is 0 Å². The van der Waals surface area contributed by atoms with Gasteiger partial charge in [-0.2, -0.15) is 8.78 Å². The second-order valence-electron chi connectivity index (χ2n) is 6.62. The van der Waals surface area contributed by atoms with Gasteiger partial charge in [0.05, 0.1) is 19.3 Å². The lowest BCUT2D eigenvalue weighted by molar-refractivity contribution is -0.193. The lowest BCUT2D eigenvalue weighted by atomic mass is 9.90. The summed E-state index contributed by atoms with van der Waals surface area (Å²) in [6.07, 6.45) is -0.0547. The van der Waals surface area contributed by atoms with Crippen LogP contribution in [0.3, 0.4) is 0 Å². The molecule has 4 rings (SSSR count). The van der Waals surface area contributed by atoms with E-state index >= 15 is 0 Å². The molecule has 0 aromatic heterocycles. The predicted molar refractivity (Wildman–Crippen MR) is 92.8 cm³/mol. The van der Waals surface area contributed by atoms with E-state index in [4.69, 9.17) is 9.47 Å². The van der Waals surface area contributed by atoms with Crippen molar-refractivity contribution in [3.8, 4) is 11.5 Å². The van der Waals surface area contributed by atoms with Crippen LogP contribution >= 0.6 is 0 Å². The van der Waals surface area contributed by atoms with Crippen LogP contribution in [-0.4, -0.2) is 19.1 Å². The minimum absolute atomic E-state index is 0.00637. The number of anilines is 1. The number of halogens is 2. The van der Waals surface area contributed by atoms with Crippen molar-refractivity contribution < 1.29 is 23.0 Å². The van der Waals surface area contributed by atoms with Crippen LogP contribution in [0.25, 0.3) is 0 Å². The number of fused-ring (bicyclic) bond motifs is 2. The van der Waals surface area contributed by atoms with Gasteiger partial charge in [-0.05, 0) is 55.0 Å². The Morgan fingerprint density at radius 1 is 1.15 bits per heavy atom. The Morgan fingerprint density at radius 3 is 2.58 bits per heavy atom. The number of methoxy groups -OCH3 is 1. The second-order valence-corrected chi connectivity index (χ2v) is 6.62. The number of ether oxygens (including phenoxy) is 2. The zero-order valence-electron chi connectivity index (χ0n) is 14.4. The molecule has 0 spiro atoms. The molecule has 1 heterocycles. The van der Waals surface area contributed by atoms with E-state index in [-0.39, 0.29) is 12.3 Å². The van der Waals surface area contributed by atoms with Gasteiger partial charge in [0.25, 0.3) is 0 Å². The van der Waals surface area contributed by atoms with Crippen molar-refractivity contribution in [3.63, 3.8) is 0 Å². The van der Waals surface area contributed by atoms with Gasteiger partial charge in [0.15, 0.2) is 5.75 Å². The molecule has 1 amide bonds. The van der Waals surface area contributed by atoms with E-state index in [9.17, 15) is 13.6 Å². The van der Waals surface area contributed by atoms with Gasteiger partial charge in [-0.25, -0.2) is 0 Å². The van der Waals surface area contributed by atoms with Crippen LogP contribution in [0.1, 0.15) is 29.5 Å². The first-order valence-corrected chi connectivity index (χ1v) is 8.66. The number of nitrogens with zero attached hydrogens (tertiary/aromatic N) is 1. The molecule has 2 aliphatic rings. The Balaban J connectivity index is 1.79. The van der Waals surface area contributed by atoms with E-state index in [1.165, 1.54) is 7.11 Å². The quantitative estimate of drug-likeness (QED) is 0.828. The Bertz CT molecular complexity index is 866. The highest BCUT2D eigenvalue weighted by molar-refractivity contribution is 6.01. The number of para-hydroxylation sites is 1. The number of amides is 1. The zero-order valence-corrected chi connectivity index (χ0v) is 14.4. The molecule has 2 aromatic carbocycles. The summed E-state index contributed by atoms with van der Waals surface area (Å²) in [6.45, 7) is -0.00637. The van der Waals surface area contributed by atoms with Crippen LogP contribution in [0.15, 0.2) is 36.4 Å². The van der Waals surface area contributed by atoms with Crippen LogP contribution in [0.4, 0.5) is 14.5 Å². The van der Waals surface area contributed by atoms with Crippen molar-refractivity contribution >= 4 is 11.6 Å². The van der Waals surface area contributed by atoms with Crippen LogP contribution in [0, 0.1) is 0 Å². The molecule has 0 N–H and O–H groups in total. The van der Waals surface area contributed by atoms with E-state index in [1.54, 1.807) is 30.3 Å². The summed E-state index contributed by atoms with van der Waals surface area (Å²) in [5, 5.41) is 0. The molecule has 0 atom stereocenters. The minimum Gasteiger partial charge on any atom is -0.496 e. The Labute approximate surface area is 150 Å². The zero-order chi connectivity index (χ0) is 18.3. The third-order valence-electron chi connectivity index (χ3n) is 4.97. The summed E-state index contributed by atoms with van der Waals surface area (Å²) in [5.74, 6) is -0.744. The smallest absolute Gasteiger partial charge is 0.482 e. The fraction of sp³-hybridized carbons (Fsp3) is 0.350. The van der Waals surface area contributed by atoms with Crippen LogP contribution in [-0.2, 0) is 24.2 Å². The Morgan fingerprint density at radius 2 is 1.85 bits per heavy atom. The topological polar surface area (TPSA) is 38.8 Å². The SMILES string of the molecule is COc1ccccc1CN1C(=O)C(F)(F)Oc2cc3c(cc21)CCCC3. The van der Waals surface area contributed by atoms with Gasteiger partial charge in [0.1, 0.15) is 5.75 Å². The van der Waals surface area contributed by atoms with Gasteiger partial charge in [0, 0.05) is 5.56 Å². The van der Waals surface area contributed by atoms with Crippen molar-refractivity contribution in [3.05, 3.63) is 53.1 Å². The summed E-state index contributed by atoms with van der Waals surface area (Å²) >= 11 is 0. The summed E-state index contributed by atoms with van der Waals surface area (Å²) in [4.78, 5) is 13.5. The van der Waals surface area contributed by atoms with Gasteiger partial charge in [-0.1, -0.05) is 18.2 Å². The third-order valence-corrected chi connectivity index (χ3v) is 4.97. The molecule has 1 aliphatic carbocycles. The summed E-state index contributed by atoms with van der Waals surface area (Å²) < 4.78 is 38.5. The molecule has 136 valence electrons. The Kier molecular flexibility index (Phi) is 4.05. The average Bonchev–Trinajstić information content (AvgIpc) is 2.64. The van der Waals surface area contributed by atoms with Crippen LogP contribution < -0.4 is 14.4 Å². The maximum absolute atomic E-state index is 14.2. The van der Waals surface area contributed by atoms with Gasteiger partial charge < -0.3 is 9.47 Å². The first kappa shape index (κ1) is 16.8. The Hall–Kier alpha value is -2.63. The highest BCUT2D eigenvalue weighted by Crippen LogP contribution is 2.43. The average molecular weight is 359 g/mol. The molecule has 26 heavy (non-hydrogen) atoms. The van der Waals surface area contributed by atoms with E-state index in [2.05, 4.69) is 0 Å². The molecule has 4 nitrogen and oxygen atoms in total. The third kappa shape index (κ3) is 2.79. The van der Waals surface area contributed by atoms with Gasteiger partial charge in [-0.15, -0.1) is 0 Å². The maximum atomic E-state index is 14.2. The first-order valence-electron chi connectivity index (χ1n) is 8.66. The molecule has 0 bridgehead atoms. The predicted octanol–water partition coefficient (Wildman–Crippen LogP) is 4.09. The van der Waals surface area contributed by atoms with Crippen molar-refractivity contribution in [2.75, 3.05) is 12.0 Å². The number of carbonyl (C=O) groups excluding carboxylic acids is 1. The highest BCUT2D eigenvalue weighted by atomic mass is 19.3. The fourth-order valence-electron chi connectivity index (χ4n) is 3.65. The summed E-state index contributed by atoms with van der Waals surface area (Å²) in [6, 6.07) is 10.6. The van der Waals surface area contributed by atoms with Crippen LogP contribution in [0.2, 0.25) is 0 Å². The lowest BCUT2D eigenvalue weighted by Gasteiger charge is -2.35. The molecule has 0 saturated heterocycles. The fourth-order valence-corrected chi connectivity index (χ4v) is 3.65. The van der Waals surface area contributed by atoms with Gasteiger partial charge >= 0.3 is 12.0 Å². The molecular formula is C20H19F2NO3. The van der Waals surface area contributed by atoms with Crippen molar-refractivity contribution in [1.82, 2.24) is 0 Å². The number of hydrogen-bond acceptors (Lipinski definition) is 3. The van der Waals surface area contributed by atoms with E-state index < -0.39 is 12.0 Å². The van der Waals surface area contributed by atoms with E-state index in [0.29, 0.717) is 17.0 Å². The number of hydrogen-bond donors (Lipinski definition) is 0. The molecular weight excluding hydrogens is 340 g/mol. The summed E-state index contributed by atoms with van der Waals surface area (Å²) in [7, 11) is 1.51. The van der Waals surface area contributed by atoms with Crippen molar-refractivity contribution in [2.45, 2.75) is 38.3 Å². The number of rotatable bonds is 3.